The van der Waals surface area contributed by atoms with Gasteiger partial charge in [-0.2, -0.15) is 0 Å². The predicted octanol–water partition coefficient (Wildman–Crippen LogP) is 4.64. The molecule has 2 N–H and O–H groups in total. The van der Waals surface area contributed by atoms with Gasteiger partial charge in [-0.3, -0.25) is 9.59 Å². The molecule has 0 radical (unpaired) electrons. The minimum absolute atomic E-state index is 0.107. The first-order chi connectivity index (χ1) is 15.4. The van der Waals surface area contributed by atoms with Gasteiger partial charge in [0.2, 0.25) is 5.91 Å². The minimum Gasteiger partial charge on any atom is -0.342 e. The first-order valence-electron chi connectivity index (χ1n) is 10.7. The van der Waals surface area contributed by atoms with Gasteiger partial charge in [-0.15, -0.1) is 10.2 Å². The molecule has 1 heterocycles. The largest absolute Gasteiger partial charge is 0.342 e. The number of carbonyl (C=O) groups excluding carboxylic acids is 2. The van der Waals surface area contributed by atoms with Crippen LogP contribution >= 0.6 is 11.8 Å². The zero-order valence-electron chi connectivity index (χ0n) is 18.8. The molecule has 0 aliphatic carbocycles. The molecule has 0 unspecified atom stereocenters. The highest BCUT2D eigenvalue weighted by Gasteiger charge is 2.20. The van der Waals surface area contributed by atoms with Crippen molar-refractivity contribution in [3.8, 4) is 0 Å². The molecular weight excluding hydrogens is 422 g/mol. The topological polar surface area (TPSA) is 88.9 Å². The molecule has 1 atom stereocenters. The SMILES string of the molecule is CCn1c(SCC(=O)Nc2ccc(C(C)C)cc2)nnc1[C@H](C)NC(=O)c1ccccc1. The lowest BCUT2D eigenvalue weighted by atomic mass is 10.0. The number of hydrogen-bond donors (Lipinski definition) is 2. The molecular formula is C24H29N5O2S. The Kier molecular flexibility index (Phi) is 8.05. The van der Waals surface area contributed by atoms with E-state index in [1.807, 2.05) is 60.9 Å². The van der Waals surface area contributed by atoms with E-state index < -0.39 is 0 Å². The standard InChI is InChI=1S/C24H29N5O2S/c1-5-29-22(17(4)25-23(31)19-9-7-6-8-10-19)27-28-24(29)32-15-21(30)26-20-13-11-18(12-14-20)16(2)3/h6-14,16-17H,5,15H2,1-4H3,(H,25,31)(H,26,30)/t17-/m0/s1. The maximum Gasteiger partial charge on any atom is 0.251 e. The second-order valence-electron chi connectivity index (χ2n) is 7.76. The van der Waals surface area contributed by atoms with Gasteiger partial charge in [-0.1, -0.05) is 55.9 Å². The zero-order valence-corrected chi connectivity index (χ0v) is 19.6. The maximum absolute atomic E-state index is 12.5. The molecule has 1 aromatic heterocycles. The van der Waals surface area contributed by atoms with E-state index in [9.17, 15) is 9.59 Å². The number of amides is 2. The quantitative estimate of drug-likeness (QED) is 0.463. The Balaban J connectivity index is 1.59. The van der Waals surface area contributed by atoms with Gasteiger partial charge >= 0.3 is 0 Å². The third-order valence-electron chi connectivity index (χ3n) is 5.03. The summed E-state index contributed by atoms with van der Waals surface area (Å²) in [6.07, 6.45) is 0. The van der Waals surface area contributed by atoms with Crippen LogP contribution in [0.2, 0.25) is 0 Å². The summed E-state index contributed by atoms with van der Waals surface area (Å²) < 4.78 is 1.92. The Morgan fingerprint density at radius 1 is 1.00 bits per heavy atom. The summed E-state index contributed by atoms with van der Waals surface area (Å²) in [4.78, 5) is 24.9. The lowest BCUT2D eigenvalue weighted by Gasteiger charge is -2.15. The molecule has 0 aliphatic heterocycles. The Labute approximate surface area is 193 Å². The summed E-state index contributed by atoms with van der Waals surface area (Å²) in [6.45, 7) is 8.76. The third-order valence-corrected chi connectivity index (χ3v) is 5.99. The van der Waals surface area contributed by atoms with E-state index in [0.717, 1.165) is 5.69 Å². The van der Waals surface area contributed by atoms with Gasteiger partial charge in [-0.05, 0) is 49.6 Å². The Bertz CT molecular complexity index is 1050. The predicted molar refractivity (Wildman–Crippen MR) is 128 cm³/mol. The van der Waals surface area contributed by atoms with E-state index in [0.29, 0.717) is 29.0 Å². The van der Waals surface area contributed by atoms with Gasteiger partial charge in [0.15, 0.2) is 11.0 Å². The van der Waals surface area contributed by atoms with E-state index in [1.54, 1.807) is 12.1 Å². The molecule has 7 nitrogen and oxygen atoms in total. The Morgan fingerprint density at radius 3 is 2.31 bits per heavy atom. The van der Waals surface area contributed by atoms with E-state index in [2.05, 4.69) is 34.7 Å². The van der Waals surface area contributed by atoms with Crippen LogP contribution in [0.5, 0.6) is 0 Å². The van der Waals surface area contributed by atoms with E-state index in [-0.39, 0.29) is 23.6 Å². The number of thioether (sulfide) groups is 1. The van der Waals surface area contributed by atoms with Gasteiger partial charge in [-0.25, -0.2) is 0 Å². The van der Waals surface area contributed by atoms with Crippen molar-refractivity contribution in [1.29, 1.82) is 0 Å². The molecule has 8 heteroatoms. The first kappa shape index (κ1) is 23.5. The number of nitrogens with zero attached hydrogens (tertiary/aromatic N) is 3. The van der Waals surface area contributed by atoms with Crippen molar-refractivity contribution in [3.63, 3.8) is 0 Å². The van der Waals surface area contributed by atoms with Gasteiger partial charge < -0.3 is 15.2 Å². The third kappa shape index (κ3) is 5.97. The smallest absolute Gasteiger partial charge is 0.251 e. The lowest BCUT2D eigenvalue weighted by molar-refractivity contribution is -0.113. The Morgan fingerprint density at radius 2 is 1.69 bits per heavy atom. The molecule has 0 spiro atoms. The molecule has 2 aromatic carbocycles. The van der Waals surface area contributed by atoms with Crippen LogP contribution in [-0.2, 0) is 11.3 Å². The van der Waals surface area contributed by atoms with Crippen LogP contribution in [0.4, 0.5) is 5.69 Å². The van der Waals surface area contributed by atoms with E-state index in [1.165, 1.54) is 17.3 Å². The average molecular weight is 452 g/mol. The van der Waals surface area contributed by atoms with Gasteiger partial charge in [0.25, 0.3) is 5.91 Å². The van der Waals surface area contributed by atoms with Gasteiger partial charge in [0, 0.05) is 17.8 Å². The summed E-state index contributed by atoms with van der Waals surface area (Å²) in [6, 6.07) is 16.6. The fourth-order valence-corrected chi connectivity index (χ4v) is 4.05. The van der Waals surface area contributed by atoms with Crippen molar-refractivity contribution in [2.24, 2.45) is 0 Å². The average Bonchev–Trinajstić information content (AvgIpc) is 3.21. The molecule has 0 fully saturated rings. The molecule has 2 amide bonds. The van der Waals surface area contributed by atoms with Crippen LogP contribution in [0, 0.1) is 0 Å². The summed E-state index contributed by atoms with van der Waals surface area (Å²) in [5.41, 5.74) is 2.60. The van der Waals surface area contributed by atoms with E-state index >= 15 is 0 Å². The molecule has 3 rings (SSSR count). The number of nitrogens with one attached hydrogen (secondary N) is 2. The molecule has 32 heavy (non-hydrogen) atoms. The second kappa shape index (κ2) is 10.9. The minimum atomic E-state index is -0.321. The maximum atomic E-state index is 12.5. The highest BCUT2D eigenvalue weighted by molar-refractivity contribution is 7.99. The zero-order chi connectivity index (χ0) is 23.1. The van der Waals surface area contributed by atoms with E-state index in [4.69, 9.17) is 0 Å². The normalized spacial score (nSPS) is 11.9. The highest BCUT2D eigenvalue weighted by Crippen LogP contribution is 2.22. The molecule has 0 bridgehead atoms. The fourth-order valence-electron chi connectivity index (χ4n) is 3.24. The van der Waals surface area contributed by atoms with Crippen molar-refractivity contribution in [1.82, 2.24) is 20.1 Å². The summed E-state index contributed by atoms with van der Waals surface area (Å²) >= 11 is 1.33. The number of aromatic nitrogens is 3. The monoisotopic (exact) mass is 451 g/mol. The number of hydrogen-bond acceptors (Lipinski definition) is 5. The van der Waals surface area contributed by atoms with Crippen LogP contribution in [0.3, 0.4) is 0 Å². The molecule has 0 aliphatic rings. The number of carbonyl (C=O) groups is 2. The van der Waals surface area contributed by atoms with Crippen LogP contribution < -0.4 is 10.6 Å². The summed E-state index contributed by atoms with van der Waals surface area (Å²) in [5, 5.41) is 15.0. The van der Waals surface area contributed by atoms with Crippen molar-refractivity contribution >= 4 is 29.3 Å². The lowest BCUT2D eigenvalue weighted by Crippen LogP contribution is -2.28. The van der Waals surface area contributed by atoms with Crippen LogP contribution in [0.25, 0.3) is 0 Å². The second-order valence-corrected chi connectivity index (χ2v) is 8.70. The van der Waals surface area contributed by atoms with Gasteiger partial charge in [0.1, 0.15) is 0 Å². The van der Waals surface area contributed by atoms with Crippen molar-refractivity contribution in [2.45, 2.75) is 51.4 Å². The Hall–Kier alpha value is -3.13. The van der Waals surface area contributed by atoms with Crippen LogP contribution in [-0.4, -0.2) is 32.3 Å². The fraction of sp³-hybridized carbons (Fsp3) is 0.333. The number of rotatable bonds is 9. The highest BCUT2D eigenvalue weighted by atomic mass is 32.2. The molecule has 0 saturated heterocycles. The molecule has 3 aromatic rings. The van der Waals surface area contributed by atoms with Crippen LogP contribution in [0.1, 0.15) is 61.4 Å². The number of benzene rings is 2. The van der Waals surface area contributed by atoms with Crippen molar-refractivity contribution in [3.05, 3.63) is 71.5 Å². The number of anilines is 1. The van der Waals surface area contributed by atoms with Crippen molar-refractivity contribution < 1.29 is 9.59 Å². The summed E-state index contributed by atoms with van der Waals surface area (Å²) in [7, 11) is 0. The van der Waals surface area contributed by atoms with Crippen molar-refractivity contribution in [2.75, 3.05) is 11.1 Å². The first-order valence-corrected chi connectivity index (χ1v) is 11.7. The summed E-state index contributed by atoms with van der Waals surface area (Å²) in [5.74, 6) is 1.05. The van der Waals surface area contributed by atoms with Gasteiger partial charge in [0.05, 0.1) is 11.8 Å². The molecule has 0 saturated carbocycles. The molecule has 168 valence electrons. The van der Waals surface area contributed by atoms with Crippen LogP contribution in [0.15, 0.2) is 59.8 Å².